The lowest BCUT2D eigenvalue weighted by Gasteiger charge is -2.28. The zero-order valence-electron chi connectivity index (χ0n) is 17.9. The minimum absolute atomic E-state index is 0.318. The van der Waals surface area contributed by atoms with Gasteiger partial charge in [-0.3, -0.25) is 14.4 Å². The van der Waals surface area contributed by atoms with Crippen LogP contribution in [-0.4, -0.2) is 24.5 Å². The number of nitrogens with zero attached hydrogens (tertiary/aromatic N) is 3. The van der Waals surface area contributed by atoms with Crippen molar-refractivity contribution in [2.75, 3.05) is 16.6 Å². The van der Waals surface area contributed by atoms with E-state index in [-0.39, 0.29) is 5.91 Å². The van der Waals surface area contributed by atoms with Crippen LogP contribution in [0.5, 0.6) is 5.75 Å². The average molecular weight is 439 g/mol. The molecule has 0 aromatic heterocycles. The Morgan fingerprint density at radius 3 is 2.24 bits per heavy atom. The molecule has 2 fully saturated rings. The highest BCUT2D eigenvalue weighted by atomic mass is 16.7. The Hall–Kier alpha value is -4.15. The fraction of sp³-hybridized carbons (Fsp3) is 0.192. The second-order valence-corrected chi connectivity index (χ2v) is 7.83. The third-order valence-electron chi connectivity index (χ3n) is 5.91. The molecule has 0 bridgehead atoms. The van der Waals surface area contributed by atoms with Crippen molar-refractivity contribution in [2.24, 2.45) is 5.92 Å². The Labute approximate surface area is 191 Å². The smallest absolute Gasteiger partial charge is 0.266 e. The molecule has 3 aromatic carbocycles. The molecule has 7 heteroatoms. The number of carbonyl (C=O) groups excluding carboxylic acids is 2. The van der Waals surface area contributed by atoms with Gasteiger partial charge >= 0.3 is 0 Å². The molecule has 2 heterocycles. The predicted molar refractivity (Wildman–Crippen MR) is 121 cm³/mol. The van der Waals surface area contributed by atoms with Crippen LogP contribution in [0.25, 0.3) is 0 Å². The molecule has 0 spiro atoms. The van der Waals surface area contributed by atoms with Crippen LogP contribution in [0.4, 0.5) is 11.4 Å². The lowest BCUT2D eigenvalue weighted by Crippen LogP contribution is -2.37. The lowest BCUT2D eigenvalue weighted by molar-refractivity contribution is -0.126. The van der Waals surface area contributed by atoms with Crippen LogP contribution in [0.1, 0.15) is 24.1 Å². The molecule has 0 radical (unpaired) electrons. The van der Waals surface area contributed by atoms with Gasteiger partial charge in [0.1, 0.15) is 11.7 Å². The second kappa shape index (κ2) is 8.41. The van der Waals surface area contributed by atoms with Crippen molar-refractivity contribution in [1.29, 1.82) is 5.26 Å². The van der Waals surface area contributed by atoms with Crippen molar-refractivity contribution in [3.63, 3.8) is 0 Å². The van der Waals surface area contributed by atoms with E-state index in [0.717, 1.165) is 11.3 Å². The monoisotopic (exact) mass is 439 g/mol. The molecule has 2 amide bonds. The molecule has 2 aliphatic heterocycles. The van der Waals surface area contributed by atoms with Crippen LogP contribution in [0.15, 0.2) is 78.9 Å². The van der Waals surface area contributed by atoms with Gasteiger partial charge in [-0.15, -0.1) is 0 Å². The topological polar surface area (TPSA) is 82.9 Å². The summed E-state index contributed by atoms with van der Waals surface area (Å²) in [6.07, 6.45) is -0.940. The Bertz CT molecular complexity index is 1220. The molecule has 3 aromatic rings. The van der Waals surface area contributed by atoms with Crippen LogP contribution in [0.2, 0.25) is 0 Å². The van der Waals surface area contributed by atoms with Crippen molar-refractivity contribution in [3.05, 3.63) is 90.0 Å². The van der Waals surface area contributed by atoms with Gasteiger partial charge in [0.15, 0.2) is 6.10 Å². The van der Waals surface area contributed by atoms with Gasteiger partial charge in [0.2, 0.25) is 5.91 Å². The lowest BCUT2D eigenvalue weighted by atomic mass is 9.90. The maximum Gasteiger partial charge on any atom is 0.266 e. The molecular weight excluding hydrogens is 418 g/mol. The van der Waals surface area contributed by atoms with E-state index in [1.807, 2.05) is 49.4 Å². The van der Waals surface area contributed by atoms with Gasteiger partial charge in [0, 0.05) is 0 Å². The van der Waals surface area contributed by atoms with Crippen LogP contribution in [0, 0.1) is 17.2 Å². The number of hydrogen-bond donors (Lipinski definition) is 0. The molecule has 0 saturated carbocycles. The van der Waals surface area contributed by atoms with E-state index in [9.17, 15) is 9.59 Å². The number of imide groups is 1. The summed E-state index contributed by atoms with van der Waals surface area (Å²) < 4.78 is 5.47. The summed E-state index contributed by atoms with van der Waals surface area (Å²) in [5.74, 6) is -0.770. The zero-order chi connectivity index (χ0) is 22.9. The van der Waals surface area contributed by atoms with Crippen LogP contribution < -0.4 is 14.7 Å². The number of nitriles is 1. The van der Waals surface area contributed by atoms with E-state index in [1.165, 1.54) is 4.90 Å². The van der Waals surface area contributed by atoms with Gasteiger partial charge in [-0.25, -0.2) is 9.96 Å². The molecular formula is C26H21N3O4. The second-order valence-electron chi connectivity index (χ2n) is 7.83. The number of amides is 2. The number of fused-ring (bicyclic) bond motifs is 1. The van der Waals surface area contributed by atoms with E-state index in [0.29, 0.717) is 23.6 Å². The quantitative estimate of drug-likeness (QED) is 0.559. The maximum atomic E-state index is 13.6. The average Bonchev–Trinajstić information content (AvgIpc) is 3.36. The van der Waals surface area contributed by atoms with Gasteiger partial charge in [-0.1, -0.05) is 30.3 Å². The number of para-hydroxylation sites is 1. The van der Waals surface area contributed by atoms with Crippen LogP contribution >= 0.6 is 0 Å². The van der Waals surface area contributed by atoms with Gasteiger partial charge in [0.25, 0.3) is 5.91 Å². The number of hydroxylamine groups is 1. The van der Waals surface area contributed by atoms with E-state index in [4.69, 9.17) is 14.8 Å². The molecule has 0 unspecified atom stereocenters. The number of carbonyl (C=O) groups is 2. The van der Waals surface area contributed by atoms with E-state index in [1.54, 1.807) is 41.5 Å². The largest absolute Gasteiger partial charge is 0.494 e. The van der Waals surface area contributed by atoms with E-state index in [2.05, 4.69) is 6.07 Å². The third kappa shape index (κ3) is 3.51. The third-order valence-corrected chi connectivity index (χ3v) is 5.91. The zero-order valence-corrected chi connectivity index (χ0v) is 17.9. The minimum Gasteiger partial charge on any atom is -0.494 e. The van der Waals surface area contributed by atoms with Crippen molar-refractivity contribution in [1.82, 2.24) is 0 Å². The molecule has 2 saturated heterocycles. The van der Waals surface area contributed by atoms with Crippen molar-refractivity contribution in [3.8, 4) is 11.8 Å². The van der Waals surface area contributed by atoms with Crippen molar-refractivity contribution < 1.29 is 19.2 Å². The summed E-state index contributed by atoms with van der Waals surface area (Å²) in [6.45, 7) is 2.42. The number of anilines is 2. The maximum absolute atomic E-state index is 13.6. The molecule has 164 valence electrons. The minimum atomic E-state index is -0.940. The predicted octanol–water partition coefficient (Wildman–Crippen LogP) is 4.01. The first-order chi connectivity index (χ1) is 16.1. The van der Waals surface area contributed by atoms with Crippen molar-refractivity contribution in [2.45, 2.75) is 19.1 Å². The molecule has 33 heavy (non-hydrogen) atoms. The highest BCUT2D eigenvalue weighted by Crippen LogP contribution is 2.47. The van der Waals surface area contributed by atoms with Gasteiger partial charge in [-0.05, 0) is 61.0 Å². The highest BCUT2D eigenvalue weighted by Gasteiger charge is 2.60. The SMILES string of the molecule is CCOc1ccc(N2C(=O)[C@@H]3[C@@H](ON(c4ccccc4)[C@H]3c3ccc(C#N)cc3)C2=O)cc1. The summed E-state index contributed by atoms with van der Waals surface area (Å²) in [6, 6.07) is 24.9. The van der Waals surface area contributed by atoms with Crippen molar-refractivity contribution >= 4 is 23.2 Å². The Morgan fingerprint density at radius 2 is 1.61 bits per heavy atom. The fourth-order valence-electron chi connectivity index (χ4n) is 4.42. The molecule has 7 nitrogen and oxygen atoms in total. The molecule has 0 N–H and O–H groups in total. The first kappa shape index (κ1) is 20.7. The first-order valence-corrected chi connectivity index (χ1v) is 10.7. The summed E-state index contributed by atoms with van der Waals surface area (Å²) in [5, 5.41) is 10.8. The molecule has 0 aliphatic carbocycles. The summed E-state index contributed by atoms with van der Waals surface area (Å²) in [7, 11) is 0. The Morgan fingerprint density at radius 1 is 0.909 bits per heavy atom. The summed E-state index contributed by atoms with van der Waals surface area (Å²) in [5.41, 5.74) is 2.54. The van der Waals surface area contributed by atoms with Gasteiger partial charge < -0.3 is 4.74 Å². The fourth-order valence-corrected chi connectivity index (χ4v) is 4.42. The Kier molecular flexibility index (Phi) is 5.29. The normalized spacial score (nSPS) is 21.8. The standard InChI is InChI=1S/C26H21N3O4/c1-2-32-21-14-12-19(13-15-21)28-25(30)22-23(18-10-8-17(16-27)9-11-18)29(33-24(22)26(28)31)20-6-4-3-5-7-20/h3-15,22-24H,2H2,1H3/t22-,23-,24+/m0/s1. The van der Waals surface area contributed by atoms with Gasteiger partial charge in [0.05, 0.1) is 35.7 Å². The highest BCUT2D eigenvalue weighted by molar-refractivity contribution is 6.23. The van der Waals surface area contributed by atoms with Gasteiger partial charge in [-0.2, -0.15) is 5.26 Å². The number of hydrogen-bond acceptors (Lipinski definition) is 6. The Balaban J connectivity index is 1.53. The summed E-state index contributed by atoms with van der Waals surface area (Å²) >= 11 is 0. The van der Waals surface area contributed by atoms with Crippen LogP contribution in [-0.2, 0) is 14.4 Å². The van der Waals surface area contributed by atoms with E-state index >= 15 is 0 Å². The number of ether oxygens (including phenoxy) is 1. The molecule has 5 rings (SSSR count). The van der Waals surface area contributed by atoms with E-state index < -0.39 is 24.0 Å². The number of benzene rings is 3. The number of rotatable bonds is 5. The first-order valence-electron chi connectivity index (χ1n) is 10.7. The molecule has 3 atom stereocenters. The molecule has 2 aliphatic rings. The van der Waals surface area contributed by atoms with Crippen LogP contribution in [0.3, 0.4) is 0 Å². The summed E-state index contributed by atoms with van der Waals surface area (Å²) in [4.78, 5) is 34.3.